The average molecular weight is 475 g/mol. The number of methoxy groups -OCH3 is 1. The number of anilines is 1. The number of hydrogen-bond acceptors (Lipinski definition) is 8. The fourth-order valence-corrected chi connectivity index (χ4v) is 4.27. The number of carboxylic acid groups (broad SMARTS) is 1. The molecule has 1 atom stereocenters. The quantitative estimate of drug-likeness (QED) is 0.376. The molecular weight excluding hydrogens is 448 g/mol. The summed E-state index contributed by atoms with van der Waals surface area (Å²) >= 11 is 0. The summed E-state index contributed by atoms with van der Waals surface area (Å²) in [4.78, 5) is 24.5. The van der Waals surface area contributed by atoms with Crippen molar-refractivity contribution in [3.05, 3.63) is 65.7 Å². The normalized spacial score (nSPS) is 13.6. The van der Waals surface area contributed by atoms with E-state index in [0.717, 1.165) is 47.6 Å². The molecule has 35 heavy (non-hydrogen) atoms. The lowest BCUT2D eigenvalue weighted by atomic mass is 10.1. The Balaban J connectivity index is 1.30. The Bertz CT molecular complexity index is 1340. The SMILES string of the molecule is COc1ncc([C@@H](CC(=O)O)n2ncc3cc(OCCc4ccc5c(n4)NCCC5)ccc32)cn1. The first kappa shape index (κ1) is 22.6. The predicted molar refractivity (Wildman–Crippen MR) is 129 cm³/mol. The zero-order valence-corrected chi connectivity index (χ0v) is 19.3. The van der Waals surface area contributed by atoms with Crippen LogP contribution < -0.4 is 14.8 Å². The molecular formula is C25H26N6O4. The standard InChI is InChI=1S/C25H26N6O4/c1-34-25-27-13-18(14-28-25)22(12-23(32)33)31-21-7-6-20(11-17(21)15-29-31)35-10-8-19-5-4-16-3-2-9-26-24(16)30-19/h4-7,11,13-15,22H,2-3,8-10,12H2,1H3,(H,26,30)(H,32,33)/t22-/m1/s1. The lowest BCUT2D eigenvalue weighted by molar-refractivity contribution is -0.137. The minimum absolute atomic E-state index is 0.159. The van der Waals surface area contributed by atoms with E-state index in [0.29, 0.717) is 18.6 Å². The summed E-state index contributed by atoms with van der Waals surface area (Å²) < 4.78 is 12.7. The van der Waals surface area contributed by atoms with Gasteiger partial charge in [0.15, 0.2) is 0 Å². The third kappa shape index (κ3) is 5.01. The molecule has 0 saturated heterocycles. The van der Waals surface area contributed by atoms with Crippen molar-refractivity contribution in [2.24, 2.45) is 0 Å². The van der Waals surface area contributed by atoms with E-state index in [4.69, 9.17) is 14.5 Å². The molecule has 10 nitrogen and oxygen atoms in total. The predicted octanol–water partition coefficient (Wildman–Crippen LogP) is 3.27. The molecule has 0 radical (unpaired) electrons. The van der Waals surface area contributed by atoms with E-state index in [9.17, 15) is 9.90 Å². The number of hydrogen-bond donors (Lipinski definition) is 2. The van der Waals surface area contributed by atoms with Crippen LogP contribution in [0.25, 0.3) is 10.9 Å². The molecule has 4 aromatic rings. The summed E-state index contributed by atoms with van der Waals surface area (Å²) in [5.41, 5.74) is 3.68. The van der Waals surface area contributed by atoms with E-state index in [1.165, 1.54) is 12.7 Å². The number of benzene rings is 1. The number of pyridine rings is 1. The molecule has 5 rings (SSSR count). The van der Waals surface area contributed by atoms with Gasteiger partial charge in [-0.05, 0) is 42.7 Å². The summed E-state index contributed by atoms with van der Waals surface area (Å²) in [6, 6.07) is 9.52. The second-order valence-corrected chi connectivity index (χ2v) is 8.37. The second-order valence-electron chi connectivity index (χ2n) is 8.37. The number of nitrogens with one attached hydrogen (secondary N) is 1. The lowest BCUT2D eigenvalue weighted by Crippen LogP contribution is -2.17. The van der Waals surface area contributed by atoms with Gasteiger partial charge < -0.3 is 19.9 Å². The van der Waals surface area contributed by atoms with E-state index < -0.39 is 12.0 Å². The third-order valence-corrected chi connectivity index (χ3v) is 6.02. The molecule has 1 aromatic carbocycles. The maximum absolute atomic E-state index is 11.6. The molecule has 2 N–H and O–H groups in total. The Kier molecular flexibility index (Phi) is 6.42. The molecule has 0 amide bonds. The van der Waals surface area contributed by atoms with Gasteiger partial charge in [0, 0.05) is 42.0 Å². The molecule has 4 heterocycles. The smallest absolute Gasteiger partial charge is 0.316 e. The Morgan fingerprint density at radius 2 is 2.06 bits per heavy atom. The molecule has 10 heteroatoms. The van der Waals surface area contributed by atoms with Crippen molar-refractivity contribution in [3.8, 4) is 11.8 Å². The summed E-state index contributed by atoms with van der Waals surface area (Å²) in [5, 5.41) is 18.2. The first-order valence-electron chi connectivity index (χ1n) is 11.5. The van der Waals surface area contributed by atoms with Crippen LogP contribution in [-0.4, -0.2) is 56.1 Å². The fourth-order valence-electron chi connectivity index (χ4n) is 4.27. The van der Waals surface area contributed by atoms with Crippen molar-refractivity contribution >= 4 is 22.7 Å². The number of carboxylic acids is 1. The molecule has 0 unspecified atom stereocenters. The van der Waals surface area contributed by atoms with E-state index >= 15 is 0 Å². The monoisotopic (exact) mass is 474 g/mol. The first-order valence-corrected chi connectivity index (χ1v) is 11.5. The Morgan fingerprint density at radius 1 is 1.20 bits per heavy atom. The summed E-state index contributed by atoms with van der Waals surface area (Å²) in [5.74, 6) is 0.761. The van der Waals surface area contributed by atoms with Crippen LogP contribution in [0.3, 0.4) is 0 Å². The van der Waals surface area contributed by atoms with Crippen molar-refractivity contribution in [2.75, 3.05) is 25.6 Å². The highest BCUT2D eigenvalue weighted by Gasteiger charge is 2.22. The molecule has 1 aliphatic heterocycles. The Morgan fingerprint density at radius 3 is 2.86 bits per heavy atom. The van der Waals surface area contributed by atoms with Crippen molar-refractivity contribution in [1.82, 2.24) is 24.7 Å². The number of aliphatic carboxylic acids is 1. The second kappa shape index (κ2) is 9.96. The van der Waals surface area contributed by atoms with Gasteiger partial charge in [0.2, 0.25) is 0 Å². The maximum atomic E-state index is 11.6. The first-order chi connectivity index (χ1) is 17.1. The molecule has 0 aliphatic carbocycles. The van der Waals surface area contributed by atoms with Crippen LogP contribution in [0, 0.1) is 0 Å². The van der Waals surface area contributed by atoms with Crippen LogP contribution in [0.1, 0.15) is 35.7 Å². The van der Waals surface area contributed by atoms with Gasteiger partial charge in [-0.1, -0.05) is 6.07 Å². The molecule has 0 spiro atoms. The van der Waals surface area contributed by atoms with Crippen molar-refractivity contribution in [3.63, 3.8) is 0 Å². The van der Waals surface area contributed by atoms with Gasteiger partial charge in [-0.2, -0.15) is 5.10 Å². The van der Waals surface area contributed by atoms with E-state index in [-0.39, 0.29) is 12.4 Å². The van der Waals surface area contributed by atoms with Crippen LogP contribution in [-0.2, 0) is 17.6 Å². The van der Waals surface area contributed by atoms with Crippen LogP contribution in [0.2, 0.25) is 0 Å². The topological polar surface area (TPSA) is 124 Å². The highest BCUT2D eigenvalue weighted by molar-refractivity contribution is 5.81. The molecule has 1 aliphatic rings. The van der Waals surface area contributed by atoms with Gasteiger partial charge in [0.25, 0.3) is 0 Å². The number of rotatable bonds is 9. The van der Waals surface area contributed by atoms with Crippen molar-refractivity contribution < 1.29 is 19.4 Å². The molecule has 0 fully saturated rings. The lowest BCUT2D eigenvalue weighted by Gasteiger charge is -2.17. The van der Waals surface area contributed by atoms with Gasteiger partial charge in [-0.25, -0.2) is 15.0 Å². The summed E-state index contributed by atoms with van der Waals surface area (Å²) in [6.07, 6.45) is 7.58. The van der Waals surface area contributed by atoms with Crippen LogP contribution in [0.15, 0.2) is 48.9 Å². The van der Waals surface area contributed by atoms with Crippen LogP contribution in [0.4, 0.5) is 5.82 Å². The number of carbonyl (C=O) groups is 1. The molecule has 3 aromatic heterocycles. The zero-order valence-electron chi connectivity index (χ0n) is 19.3. The van der Waals surface area contributed by atoms with Gasteiger partial charge in [-0.15, -0.1) is 0 Å². The number of ether oxygens (including phenoxy) is 2. The number of fused-ring (bicyclic) bond motifs is 2. The Labute approximate surface area is 202 Å². The minimum atomic E-state index is -0.944. The van der Waals surface area contributed by atoms with E-state index in [2.05, 4.69) is 32.5 Å². The number of aryl methyl sites for hydroxylation is 1. The van der Waals surface area contributed by atoms with E-state index in [1.54, 1.807) is 23.3 Å². The minimum Gasteiger partial charge on any atom is -0.493 e. The fraction of sp³-hybridized carbons (Fsp3) is 0.320. The molecule has 0 saturated carbocycles. The van der Waals surface area contributed by atoms with Crippen molar-refractivity contribution in [1.29, 1.82) is 0 Å². The average Bonchev–Trinajstić information content (AvgIpc) is 3.30. The van der Waals surface area contributed by atoms with Gasteiger partial charge in [-0.3, -0.25) is 9.48 Å². The number of aromatic nitrogens is 5. The Hall–Kier alpha value is -4.21. The molecule has 180 valence electrons. The van der Waals surface area contributed by atoms with Crippen LogP contribution >= 0.6 is 0 Å². The largest absolute Gasteiger partial charge is 0.493 e. The highest BCUT2D eigenvalue weighted by atomic mass is 16.5. The summed E-state index contributed by atoms with van der Waals surface area (Å²) in [6.45, 7) is 1.46. The zero-order chi connectivity index (χ0) is 24.2. The van der Waals surface area contributed by atoms with Crippen molar-refractivity contribution in [2.45, 2.75) is 31.7 Å². The van der Waals surface area contributed by atoms with E-state index in [1.807, 2.05) is 18.2 Å². The maximum Gasteiger partial charge on any atom is 0.316 e. The molecule has 0 bridgehead atoms. The van der Waals surface area contributed by atoms with Gasteiger partial charge in [0.05, 0.1) is 37.9 Å². The third-order valence-electron chi connectivity index (χ3n) is 6.02. The summed E-state index contributed by atoms with van der Waals surface area (Å²) in [7, 11) is 1.48. The van der Waals surface area contributed by atoms with Gasteiger partial charge >= 0.3 is 12.0 Å². The van der Waals surface area contributed by atoms with Crippen LogP contribution in [0.5, 0.6) is 11.8 Å². The van der Waals surface area contributed by atoms with Gasteiger partial charge in [0.1, 0.15) is 11.6 Å². The highest BCUT2D eigenvalue weighted by Crippen LogP contribution is 2.28. The number of nitrogens with zero attached hydrogens (tertiary/aromatic N) is 5.